The van der Waals surface area contributed by atoms with Crippen LogP contribution < -0.4 is 4.90 Å². The van der Waals surface area contributed by atoms with Crippen molar-refractivity contribution in [1.29, 1.82) is 0 Å². The van der Waals surface area contributed by atoms with Crippen LogP contribution in [0.4, 0.5) is 11.4 Å². The first-order valence-electron chi connectivity index (χ1n) is 26.1. The fourth-order valence-corrected chi connectivity index (χ4v) is 12.9. The number of allylic oxidation sites excluding steroid dienone is 2. The van der Waals surface area contributed by atoms with Crippen molar-refractivity contribution in [2.45, 2.75) is 90.0 Å². The van der Waals surface area contributed by atoms with E-state index in [0.717, 1.165) is 5.69 Å². The topological polar surface area (TPSA) is 3.24 Å². The summed E-state index contributed by atoms with van der Waals surface area (Å²) in [4.78, 5) is 2.69. The molecule has 3 aliphatic carbocycles. The van der Waals surface area contributed by atoms with Crippen LogP contribution in [0, 0.1) is 5.92 Å². The molecule has 0 aliphatic heterocycles. The van der Waals surface area contributed by atoms with Gasteiger partial charge in [0, 0.05) is 22.4 Å². The van der Waals surface area contributed by atoms with Gasteiger partial charge in [-0.25, -0.2) is 0 Å². The molecule has 354 valence electrons. The number of anilines is 2. The second kappa shape index (κ2) is 16.8. The molecule has 12 rings (SSSR count). The van der Waals surface area contributed by atoms with Gasteiger partial charge >= 0.3 is 0 Å². The number of para-hydroxylation sites is 1. The molecule has 0 heterocycles. The predicted molar refractivity (Wildman–Crippen MR) is 307 cm³/mol. The molecule has 1 heteroatoms. The Balaban J connectivity index is 1.12. The van der Waals surface area contributed by atoms with E-state index in [4.69, 9.17) is 0 Å². The van der Waals surface area contributed by atoms with E-state index in [2.05, 4.69) is 286 Å². The monoisotopic (exact) mass is 932 g/mol. The summed E-state index contributed by atoms with van der Waals surface area (Å²) < 4.78 is 0. The zero-order chi connectivity index (χ0) is 49.7. The zero-order valence-corrected chi connectivity index (χ0v) is 43.4. The quantitative estimate of drug-likeness (QED) is 0.154. The maximum Gasteiger partial charge on any atom is 0.0711 e. The molecule has 0 saturated carbocycles. The normalized spacial score (nSPS) is 17.3. The molecule has 3 aliphatic rings. The molecule has 0 radical (unpaired) electrons. The fourth-order valence-electron chi connectivity index (χ4n) is 12.9. The van der Waals surface area contributed by atoms with E-state index in [0.29, 0.717) is 0 Å². The molecular weight excluding hydrogens is 867 g/mol. The van der Waals surface area contributed by atoms with E-state index >= 15 is 0 Å². The Bertz CT molecular complexity index is 3580. The Hall–Kier alpha value is -7.48. The largest absolute Gasteiger partial charge is 0.333 e. The summed E-state index contributed by atoms with van der Waals surface area (Å²) in [5.41, 5.74) is 22.9. The molecule has 0 bridgehead atoms. The SMILES string of the molecule is CC1C=C2C(=CC1N(c1ccc(-c3cccc4ccccc34)cc1)c1ccccc1-c1cccc3c1-c1c(C(C)(C)C)cc(C(C)(C)C)cc1C3(C)C)C(c1ccccc1)(c1ccccc1)c1ccccc12. The first-order chi connectivity index (χ1) is 34.7. The van der Waals surface area contributed by atoms with E-state index in [1.54, 1.807) is 0 Å². The molecule has 0 N–H and O–H groups in total. The summed E-state index contributed by atoms with van der Waals surface area (Å²) in [7, 11) is 0. The molecule has 2 unspecified atom stereocenters. The summed E-state index contributed by atoms with van der Waals surface area (Å²) >= 11 is 0. The van der Waals surface area contributed by atoms with Gasteiger partial charge in [-0.2, -0.15) is 0 Å². The van der Waals surface area contributed by atoms with Gasteiger partial charge in [-0.3, -0.25) is 0 Å². The zero-order valence-electron chi connectivity index (χ0n) is 43.4. The summed E-state index contributed by atoms with van der Waals surface area (Å²) in [6, 6.07) is 77.9. The van der Waals surface area contributed by atoms with Crippen molar-refractivity contribution in [2.75, 3.05) is 4.90 Å². The number of hydrogen-bond donors (Lipinski definition) is 0. The van der Waals surface area contributed by atoms with Gasteiger partial charge < -0.3 is 4.90 Å². The lowest BCUT2D eigenvalue weighted by Gasteiger charge is -2.41. The molecule has 9 aromatic carbocycles. The van der Waals surface area contributed by atoms with Crippen LogP contribution in [0.25, 0.3) is 49.7 Å². The highest BCUT2D eigenvalue weighted by molar-refractivity contribution is 6.00. The Kier molecular flexibility index (Phi) is 10.7. The third kappa shape index (κ3) is 7.03. The van der Waals surface area contributed by atoms with Crippen molar-refractivity contribution in [3.63, 3.8) is 0 Å². The fraction of sp³-hybridized carbons (Fsp3) is 0.211. The third-order valence-corrected chi connectivity index (χ3v) is 16.5. The molecule has 0 aromatic heterocycles. The molecule has 1 nitrogen and oxygen atoms in total. The standard InChI is InChI=1S/C71H65N/c1-46-42-58-55-31-18-20-35-59(55)71(49-26-12-10-13-27-49,50-28-14-11-15-29-50)61(58)45-65(46)72(52-40-38-48(39-41-52)54-33-22-25-47-24-16-17-30-53(47)54)64-37-21-19-32-56(64)57-34-23-36-60-66(57)67-62(69(5,6)7)43-51(68(2,3)4)44-63(67)70(60,8)9/h10-46,65H,1-9H3. The van der Waals surface area contributed by atoms with Crippen LogP contribution in [-0.4, -0.2) is 6.04 Å². The van der Waals surface area contributed by atoms with Crippen LogP contribution in [0.5, 0.6) is 0 Å². The van der Waals surface area contributed by atoms with Crippen molar-refractivity contribution < 1.29 is 0 Å². The van der Waals surface area contributed by atoms with Crippen molar-refractivity contribution in [3.05, 3.63) is 268 Å². The van der Waals surface area contributed by atoms with Crippen molar-refractivity contribution in [1.82, 2.24) is 0 Å². The summed E-state index contributed by atoms with van der Waals surface area (Å²) in [5.74, 6) is 0.148. The molecule has 0 spiro atoms. The molecule has 0 saturated heterocycles. The van der Waals surface area contributed by atoms with Gasteiger partial charge in [-0.15, -0.1) is 0 Å². The average Bonchev–Trinajstić information content (AvgIpc) is 3.81. The summed E-state index contributed by atoms with van der Waals surface area (Å²) in [6.45, 7) is 21.6. The maximum atomic E-state index is 2.69. The lowest BCUT2D eigenvalue weighted by molar-refractivity contribution is 0.564. The highest BCUT2D eigenvalue weighted by atomic mass is 15.2. The molecule has 2 atom stereocenters. The Labute approximate surface area is 428 Å². The first-order valence-corrected chi connectivity index (χ1v) is 26.1. The summed E-state index contributed by atoms with van der Waals surface area (Å²) in [5, 5.41) is 2.52. The van der Waals surface area contributed by atoms with Crippen molar-refractivity contribution in [2.24, 2.45) is 5.92 Å². The number of hydrogen-bond acceptors (Lipinski definition) is 1. The minimum atomic E-state index is -0.516. The number of fused-ring (bicyclic) bond motifs is 7. The van der Waals surface area contributed by atoms with Gasteiger partial charge in [0.15, 0.2) is 0 Å². The second-order valence-corrected chi connectivity index (χ2v) is 23.3. The molecule has 9 aromatic rings. The van der Waals surface area contributed by atoms with Gasteiger partial charge in [0.2, 0.25) is 0 Å². The van der Waals surface area contributed by atoms with Crippen LogP contribution in [-0.2, 0) is 21.7 Å². The lowest BCUT2D eigenvalue weighted by atomic mass is 9.66. The second-order valence-electron chi connectivity index (χ2n) is 23.3. The van der Waals surface area contributed by atoms with Gasteiger partial charge in [0.05, 0.1) is 11.5 Å². The minimum absolute atomic E-state index is 0.0117. The molecule has 72 heavy (non-hydrogen) atoms. The molecule has 0 amide bonds. The predicted octanol–water partition coefficient (Wildman–Crippen LogP) is 18.6. The van der Waals surface area contributed by atoms with Crippen LogP contribution in [0.2, 0.25) is 0 Å². The average molecular weight is 932 g/mol. The van der Waals surface area contributed by atoms with Gasteiger partial charge in [0.25, 0.3) is 0 Å². The van der Waals surface area contributed by atoms with Crippen molar-refractivity contribution >= 4 is 27.7 Å². The third-order valence-electron chi connectivity index (χ3n) is 16.5. The molecule has 0 fully saturated rings. The number of rotatable bonds is 7. The van der Waals surface area contributed by atoms with Crippen LogP contribution in [0.3, 0.4) is 0 Å². The van der Waals surface area contributed by atoms with Gasteiger partial charge in [-0.1, -0.05) is 263 Å². The first kappa shape index (κ1) is 45.6. The number of nitrogens with zero attached hydrogens (tertiary/aromatic N) is 1. The van der Waals surface area contributed by atoms with Crippen LogP contribution in [0.15, 0.2) is 224 Å². The van der Waals surface area contributed by atoms with E-state index in [-0.39, 0.29) is 28.2 Å². The smallest absolute Gasteiger partial charge is 0.0711 e. The van der Waals surface area contributed by atoms with Gasteiger partial charge in [-0.05, 0) is 129 Å². The van der Waals surface area contributed by atoms with E-state index < -0.39 is 5.41 Å². The van der Waals surface area contributed by atoms with Crippen LogP contribution in [0.1, 0.15) is 107 Å². The number of benzene rings is 9. The minimum Gasteiger partial charge on any atom is -0.333 e. The van der Waals surface area contributed by atoms with Gasteiger partial charge in [0.1, 0.15) is 0 Å². The highest BCUT2D eigenvalue weighted by Crippen LogP contribution is 2.61. The van der Waals surface area contributed by atoms with E-state index in [1.165, 1.54) is 105 Å². The van der Waals surface area contributed by atoms with E-state index in [1.807, 2.05) is 0 Å². The van der Waals surface area contributed by atoms with Crippen LogP contribution >= 0.6 is 0 Å². The maximum absolute atomic E-state index is 2.69. The Morgan fingerprint density at radius 1 is 0.458 bits per heavy atom. The highest BCUT2D eigenvalue weighted by Gasteiger charge is 2.50. The Morgan fingerprint density at radius 2 is 1.03 bits per heavy atom. The lowest BCUT2D eigenvalue weighted by Crippen LogP contribution is -2.38. The molecular formula is C71H65N. The van der Waals surface area contributed by atoms with Crippen molar-refractivity contribution in [3.8, 4) is 33.4 Å². The van der Waals surface area contributed by atoms with E-state index in [9.17, 15) is 0 Å². The summed E-state index contributed by atoms with van der Waals surface area (Å²) in [6.07, 6.45) is 5.25. The Morgan fingerprint density at radius 3 is 1.72 bits per heavy atom.